The quantitative estimate of drug-likeness (QED) is 0.907. The number of nitrogens with zero attached hydrogens (tertiary/aromatic N) is 3. The third kappa shape index (κ3) is 3.09. The number of rotatable bonds is 5. The molecule has 1 aliphatic heterocycles. The number of ether oxygens (including phenoxy) is 2. The molecule has 7 heteroatoms. The van der Waals surface area contributed by atoms with Gasteiger partial charge in [0.25, 0.3) is 5.90 Å². The lowest BCUT2D eigenvalue weighted by molar-refractivity contribution is -0.135. The van der Waals surface area contributed by atoms with E-state index >= 15 is 0 Å². The molecule has 2 aliphatic rings. The molecule has 7 nitrogen and oxygen atoms in total. The average molecular weight is 340 g/mol. The second kappa shape index (κ2) is 6.23. The van der Waals surface area contributed by atoms with Crippen LogP contribution in [0.3, 0.4) is 0 Å². The highest BCUT2D eigenvalue weighted by molar-refractivity contribution is 5.94. The molecule has 2 aromatic rings. The fraction of sp³-hybridized carbons (Fsp3) is 0.389. The average Bonchev–Trinajstić information content (AvgIpc) is 3.17. The van der Waals surface area contributed by atoms with Crippen LogP contribution in [0.15, 0.2) is 35.4 Å². The number of benzene rings is 1. The maximum atomic E-state index is 12.0. The summed E-state index contributed by atoms with van der Waals surface area (Å²) in [5.74, 6) is 1.51. The molecule has 0 spiro atoms. The summed E-state index contributed by atoms with van der Waals surface area (Å²) < 4.78 is 11.4. The Bertz CT molecular complexity index is 808. The Labute approximate surface area is 145 Å². The van der Waals surface area contributed by atoms with Crippen molar-refractivity contribution in [2.45, 2.75) is 38.8 Å². The molecule has 1 aromatic carbocycles. The highest BCUT2D eigenvalue weighted by atomic mass is 16.5. The van der Waals surface area contributed by atoms with Crippen LogP contribution in [-0.4, -0.2) is 33.6 Å². The molecule has 0 saturated heterocycles. The first-order chi connectivity index (χ1) is 12.2. The molecule has 1 N–H and O–H groups in total. The van der Waals surface area contributed by atoms with Gasteiger partial charge in [-0.15, -0.1) is 5.10 Å². The number of H-pyrrole nitrogens is 1. The van der Waals surface area contributed by atoms with Gasteiger partial charge >= 0.3 is 0 Å². The Balaban J connectivity index is 1.57. The summed E-state index contributed by atoms with van der Waals surface area (Å²) in [6.07, 6.45) is 1.77. The summed E-state index contributed by atoms with van der Waals surface area (Å²) in [6.45, 7) is 4.01. The van der Waals surface area contributed by atoms with Crippen LogP contribution in [0.5, 0.6) is 5.75 Å². The zero-order valence-corrected chi connectivity index (χ0v) is 14.2. The van der Waals surface area contributed by atoms with Crippen LogP contribution in [0.25, 0.3) is 0 Å². The molecule has 4 rings (SSSR count). The van der Waals surface area contributed by atoms with Gasteiger partial charge in [0.15, 0.2) is 0 Å². The molecular weight excluding hydrogens is 320 g/mol. The van der Waals surface area contributed by atoms with E-state index in [1.54, 1.807) is 0 Å². The maximum absolute atomic E-state index is 12.0. The Kier molecular flexibility index (Phi) is 3.91. The minimum absolute atomic E-state index is 0.188. The van der Waals surface area contributed by atoms with Crippen molar-refractivity contribution in [3.8, 4) is 5.75 Å². The Hall–Kier alpha value is -2.83. The van der Waals surface area contributed by atoms with Crippen molar-refractivity contribution in [1.29, 1.82) is 0 Å². The monoisotopic (exact) mass is 340 g/mol. The first-order valence-corrected chi connectivity index (χ1v) is 8.49. The lowest BCUT2D eigenvalue weighted by Crippen LogP contribution is -2.25. The van der Waals surface area contributed by atoms with Gasteiger partial charge in [0.2, 0.25) is 12.1 Å². The molecule has 0 bridgehead atoms. The van der Waals surface area contributed by atoms with Crippen molar-refractivity contribution in [3.63, 3.8) is 0 Å². The lowest BCUT2D eigenvalue weighted by atomic mass is 10.2. The van der Waals surface area contributed by atoms with Gasteiger partial charge in [-0.2, -0.15) is 10.1 Å². The SMILES string of the molecule is CCOc1ccc(C2OC(c3cc(C4CC4)[nH]n3)=NN2C(C)=O)cc1. The molecule has 1 atom stereocenters. The predicted molar refractivity (Wildman–Crippen MR) is 91.1 cm³/mol. The zero-order chi connectivity index (χ0) is 17.4. The smallest absolute Gasteiger partial charge is 0.261 e. The summed E-state index contributed by atoms with van der Waals surface area (Å²) in [7, 11) is 0. The highest BCUT2D eigenvalue weighted by Gasteiger charge is 2.35. The lowest BCUT2D eigenvalue weighted by Gasteiger charge is -2.19. The van der Waals surface area contributed by atoms with Gasteiger partial charge in [-0.3, -0.25) is 9.89 Å². The Morgan fingerprint density at radius 3 is 2.76 bits per heavy atom. The van der Waals surface area contributed by atoms with Crippen LogP contribution in [0.4, 0.5) is 0 Å². The van der Waals surface area contributed by atoms with Gasteiger partial charge < -0.3 is 9.47 Å². The third-order valence-electron chi connectivity index (χ3n) is 4.28. The van der Waals surface area contributed by atoms with Crippen molar-refractivity contribution in [2.24, 2.45) is 5.10 Å². The van der Waals surface area contributed by atoms with E-state index in [4.69, 9.17) is 9.47 Å². The Morgan fingerprint density at radius 1 is 1.36 bits per heavy atom. The van der Waals surface area contributed by atoms with E-state index in [9.17, 15) is 4.79 Å². The number of aromatic nitrogens is 2. The fourth-order valence-electron chi connectivity index (χ4n) is 2.83. The Morgan fingerprint density at radius 2 is 2.12 bits per heavy atom. The molecule has 130 valence electrons. The molecule has 2 heterocycles. The number of hydrogen-bond acceptors (Lipinski definition) is 5. The fourth-order valence-corrected chi connectivity index (χ4v) is 2.83. The molecular formula is C18H20N4O3. The topological polar surface area (TPSA) is 79.8 Å². The molecule has 1 aromatic heterocycles. The van der Waals surface area contributed by atoms with Crippen LogP contribution < -0.4 is 4.74 Å². The van der Waals surface area contributed by atoms with Crippen LogP contribution in [0.2, 0.25) is 0 Å². The number of carbonyl (C=O) groups excluding carboxylic acids is 1. The second-order valence-electron chi connectivity index (χ2n) is 6.22. The van der Waals surface area contributed by atoms with Crippen LogP contribution >= 0.6 is 0 Å². The largest absolute Gasteiger partial charge is 0.494 e. The van der Waals surface area contributed by atoms with Crippen LogP contribution in [0, 0.1) is 0 Å². The summed E-state index contributed by atoms with van der Waals surface area (Å²) in [5.41, 5.74) is 2.55. The minimum atomic E-state index is -0.593. The second-order valence-corrected chi connectivity index (χ2v) is 6.22. The standard InChI is InChI=1S/C18H20N4O3/c1-3-24-14-8-6-13(7-9-14)18-22(11(2)23)21-17(25-18)16-10-15(19-20-16)12-4-5-12/h6-10,12,18H,3-5H2,1-2H3,(H,19,20). The van der Waals surface area contributed by atoms with E-state index in [1.807, 2.05) is 37.3 Å². The number of hydrazone groups is 1. The summed E-state index contributed by atoms with van der Waals surface area (Å²) in [4.78, 5) is 12.0. The first-order valence-electron chi connectivity index (χ1n) is 8.49. The van der Waals surface area contributed by atoms with E-state index < -0.39 is 6.23 Å². The molecule has 1 fully saturated rings. The molecule has 1 unspecified atom stereocenters. The number of amides is 1. The minimum Gasteiger partial charge on any atom is -0.494 e. The third-order valence-corrected chi connectivity index (χ3v) is 4.28. The van der Waals surface area contributed by atoms with Crippen molar-refractivity contribution in [1.82, 2.24) is 15.2 Å². The first kappa shape index (κ1) is 15.7. The molecule has 25 heavy (non-hydrogen) atoms. The van der Waals surface area contributed by atoms with Crippen molar-refractivity contribution < 1.29 is 14.3 Å². The van der Waals surface area contributed by atoms with Gasteiger partial charge in [0.1, 0.15) is 11.4 Å². The number of nitrogens with one attached hydrogen (secondary N) is 1. The van der Waals surface area contributed by atoms with E-state index in [1.165, 1.54) is 24.8 Å². The van der Waals surface area contributed by atoms with Gasteiger partial charge in [0.05, 0.1) is 6.61 Å². The maximum Gasteiger partial charge on any atom is 0.261 e. The van der Waals surface area contributed by atoms with E-state index in [2.05, 4.69) is 15.3 Å². The van der Waals surface area contributed by atoms with Crippen molar-refractivity contribution in [2.75, 3.05) is 6.61 Å². The van der Waals surface area contributed by atoms with Gasteiger partial charge in [-0.25, -0.2) is 0 Å². The summed E-state index contributed by atoms with van der Waals surface area (Å²) in [5, 5.41) is 13.0. The zero-order valence-electron chi connectivity index (χ0n) is 14.2. The van der Waals surface area contributed by atoms with Gasteiger partial charge in [-0.05, 0) is 50.1 Å². The highest BCUT2D eigenvalue weighted by Crippen LogP contribution is 2.39. The predicted octanol–water partition coefficient (Wildman–Crippen LogP) is 2.92. The van der Waals surface area contributed by atoms with Gasteiger partial charge in [-0.1, -0.05) is 0 Å². The van der Waals surface area contributed by atoms with Gasteiger partial charge in [0, 0.05) is 24.1 Å². The van der Waals surface area contributed by atoms with Crippen molar-refractivity contribution in [3.05, 3.63) is 47.3 Å². The van der Waals surface area contributed by atoms with E-state index in [0.717, 1.165) is 17.0 Å². The number of carbonyl (C=O) groups is 1. The molecule has 0 radical (unpaired) electrons. The van der Waals surface area contributed by atoms with Crippen LogP contribution in [0.1, 0.15) is 55.8 Å². The molecule has 1 aliphatic carbocycles. The number of hydrogen-bond donors (Lipinski definition) is 1. The van der Waals surface area contributed by atoms with Crippen LogP contribution in [-0.2, 0) is 9.53 Å². The summed E-state index contributed by atoms with van der Waals surface area (Å²) in [6, 6.07) is 9.43. The van der Waals surface area contributed by atoms with E-state index in [-0.39, 0.29) is 5.91 Å². The molecule has 1 saturated carbocycles. The molecule has 1 amide bonds. The summed E-state index contributed by atoms with van der Waals surface area (Å²) >= 11 is 0. The van der Waals surface area contributed by atoms with E-state index in [0.29, 0.717) is 24.1 Å². The normalized spacial score (nSPS) is 19.5. The van der Waals surface area contributed by atoms with Crippen molar-refractivity contribution >= 4 is 11.8 Å². The number of aromatic amines is 1.